The normalized spacial score (nSPS) is 15.8. The minimum atomic E-state index is -4.12. The first-order chi connectivity index (χ1) is 19.4. The van der Waals surface area contributed by atoms with Crippen LogP contribution in [0, 0.1) is 0 Å². The Morgan fingerprint density at radius 1 is 1.00 bits per heavy atom. The second-order valence-electron chi connectivity index (χ2n) is 9.21. The molecule has 5 rings (SSSR count). The van der Waals surface area contributed by atoms with Gasteiger partial charge < -0.3 is 9.47 Å². The van der Waals surface area contributed by atoms with Gasteiger partial charge in [0.1, 0.15) is 11.4 Å². The lowest BCUT2D eigenvalue weighted by Gasteiger charge is -2.21. The van der Waals surface area contributed by atoms with E-state index in [0.717, 1.165) is 16.8 Å². The number of fused-ring (bicyclic) bond motifs is 1. The van der Waals surface area contributed by atoms with E-state index in [1.807, 2.05) is 0 Å². The molecule has 1 N–H and O–H groups in total. The van der Waals surface area contributed by atoms with Crippen LogP contribution in [0.2, 0.25) is 0 Å². The minimum Gasteiger partial charge on any atom is -0.497 e. The van der Waals surface area contributed by atoms with Gasteiger partial charge in [0.05, 0.1) is 17.5 Å². The van der Waals surface area contributed by atoms with Crippen LogP contribution >= 0.6 is 0 Å². The van der Waals surface area contributed by atoms with Gasteiger partial charge in [0, 0.05) is 30.1 Å². The highest BCUT2D eigenvalue weighted by molar-refractivity contribution is 7.90. The molecule has 1 aliphatic heterocycles. The number of hydroxylamine groups is 1. The SMILES string of the molecule is COc1cccc(C(=O)c2cc3cc(/C=C/C(=O)NOC4CCCCO4)ccc3n2S(=O)(=O)c2ccccc2)c1. The van der Waals surface area contributed by atoms with Crippen molar-refractivity contribution in [2.75, 3.05) is 13.7 Å². The van der Waals surface area contributed by atoms with E-state index in [-0.39, 0.29) is 16.2 Å². The Kier molecular flexibility index (Phi) is 8.11. The number of methoxy groups -OCH3 is 1. The largest absolute Gasteiger partial charge is 0.497 e. The fourth-order valence-electron chi connectivity index (χ4n) is 4.47. The van der Waals surface area contributed by atoms with Crippen LogP contribution in [0.15, 0.2) is 89.8 Å². The third kappa shape index (κ3) is 5.84. The molecule has 1 aromatic heterocycles. The Morgan fingerprint density at radius 2 is 1.82 bits per heavy atom. The molecule has 1 saturated heterocycles. The van der Waals surface area contributed by atoms with E-state index in [1.54, 1.807) is 72.8 Å². The fourth-order valence-corrected chi connectivity index (χ4v) is 6.01. The third-order valence-electron chi connectivity index (χ3n) is 6.48. The van der Waals surface area contributed by atoms with Crippen LogP contribution in [-0.4, -0.2) is 44.1 Å². The summed E-state index contributed by atoms with van der Waals surface area (Å²) in [7, 11) is -2.63. The second kappa shape index (κ2) is 11.9. The summed E-state index contributed by atoms with van der Waals surface area (Å²) in [6.45, 7) is 0.596. The summed E-state index contributed by atoms with van der Waals surface area (Å²) >= 11 is 0. The maximum atomic E-state index is 13.8. The van der Waals surface area contributed by atoms with E-state index in [1.165, 1.54) is 25.3 Å². The highest BCUT2D eigenvalue weighted by Crippen LogP contribution is 2.29. The highest BCUT2D eigenvalue weighted by atomic mass is 32.2. The standard InChI is InChI=1S/C30H28N2O7S/c1-37-24-9-7-8-22(19-24)30(34)27-20-23-18-21(14-16-28(33)31-39-29-12-5-6-17-38-29)13-15-26(23)32(27)40(35,36)25-10-3-2-4-11-25/h2-4,7-11,13-16,18-20,29H,5-6,12,17H2,1H3,(H,31,33)/b16-14+. The second-order valence-corrected chi connectivity index (χ2v) is 11.0. The Bertz CT molecular complexity index is 1670. The van der Waals surface area contributed by atoms with Crippen molar-refractivity contribution in [1.29, 1.82) is 0 Å². The van der Waals surface area contributed by atoms with E-state index in [0.29, 0.717) is 35.2 Å². The molecule has 206 valence electrons. The number of amides is 1. The Labute approximate surface area is 232 Å². The maximum Gasteiger partial charge on any atom is 0.268 e. The molecule has 3 aromatic carbocycles. The lowest BCUT2D eigenvalue weighted by Crippen LogP contribution is -2.32. The molecular formula is C30H28N2O7S. The average Bonchev–Trinajstić information content (AvgIpc) is 3.39. The van der Waals surface area contributed by atoms with Gasteiger partial charge in [-0.15, -0.1) is 0 Å². The molecule has 10 heteroatoms. The van der Waals surface area contributed by atoms with Crippen LogP contribution in [0.3, 0.4) is 0 Å². The summed E-state index contributed by atoms with van der Waals surface area (Å²) in [6.07, 6.45) is 5.07. The molecule has 40 heavy (non-hydrogen) atoms. The van der Waals surface area contributed by atoms with Crippen LogP contribution in [0.25, 0.3) is 17.0 Å². The zero-order chi connectivity index (χ0) is 28.1. The minimum absolute atomic E-state index is 0.0214. The van der Waals surface area contributed by atoms with Crippen LogP contribution in [-0.2, 0) is 24.4 Å². The van der Waals surface area contributed by atoms with Crippen molar-refractivity contribution in [3.05, 3.63) is 102 Å². The molecule has 4 aromatic rings. The van der Waals surface area contributed by atoms with Crippen LogP contribution < -0.4 is 10.2 Å². The molecule has 1 atom stereocenters. The van der Waals surface area contributed by atoms with E-state index in [4.69, 9.17) is 14.3 Å². The lowest BCUT2D eigenvalue weighted by molar-refractivity contribution is -0.198. The van der Waals surface area contributed by atoms with Gasteiger partial charge in [0.15, 0.2) is 6.29 Å². The van der Waals surface area contributed by atoms with Crippen LogP contribution in [0.1, 0.15) is 40.9 Å². The van der Waals surface area contributed by atoms with Crippen molar-refractivity contribution in [1.82, 2.24) is 9.45 Å². The highest BCUT2D eigenvalue weighted by Gasteiger charge is 2.27. The number of carbonyl (C=O) groups excluding carboxylic acids is 2. The molecule has 0 aliphatic carbocycles. The van der Waals surface area contributed by atoms with Gasteiger partial charge >= 0.3 is 0 Å². The van der Waals surface area contributed by atoms with Crippen molar-refractivity contribution >= 4 is 38.7 Å². The number of aromatic nitrogens is 1. The van der Waals surface area contributed by atoms with Crippen molar-refractivity contribution < 1.29 is 32.3 Å². The van der Waals surface area contributed by atoms with Gasteiger partial charge in [0.25, 0.3) is 15.9 Å². The summed E-state index contributed by atoms with van der Waals surface area (Å²) in [6, 6.07) is 21.0. The number of ether oxygens (including phenoxy) is 2. The van der Waals surface area contributed by atoms with Gasteiger partial charge in [-0.1, -0.05) is 36.4 Å². The van der Waals surface area contributed by atoms with Crippen LogP contribution in [0.5, 0.6) is 5.75 Å². The Hall–Kier alpha value is -4.25. The molecule has 0 radical (unpaired) electrons. The fraction of sp³-hybridized carbons (Fsp3) is 0.200. The molecule has 1 amide bonds. The molecular weight excluding hydrogens is 532 g/mol. The zero-order valence-electron chi connectivity index (χ0n) is 21.8. The molecule has 0 spiro atoms. The molecule has 1 fully saturated rings. The first kappa shape index (κ1) is 27.3. The molecule has 1 unspecified atom stereocenters. The number of ketones is 1. The van der Waals surface area contributed by atoms with E-state index in [9.17, 15) is 18.0 Å². The van der Waals surface area contributed by atoms with Gasteiger partial charge in [-0.25, -0.2) is 22.7 Å². The number of nitrogens with zero attached hydrogens (tertiary/aromatic N) is 1. The molecule has 0 saturated carbocycles. The first-order valence-corrected chi connectivity index (χ1v) is 14.2. The van der Waals surface area contributed by atoms with Crippen molar-refractivity contribution in [2.45, 2.75) is 30.4 Å². The predicted octanol–water partition coefficient (Wildman–Crippen LogP) is 4.71. The van der Waals surface area contributed by atoms with E-state index < -0.39 is 28.0 Å². The summed E-state index contributed by atoms with van der Waals surface area (Å²) in [5.41, 5.74) is 3.58. The van der Waals surface area contributed by atoms with Crippen LogP contribution in [0.4, 0.5) is 0 Å². The van der Waals surface area contributed by atoms with Crippen molar-refractivity contribution in [2.24, 2.45) is 0 Å². The number of hydrogen-bond donors (Lipinski definition) is 1. The Morgan fingerprint density at radius 3 is 2.58 bits per heavy atom. The van der Waals surface area contributed by atoms with E-state index in [2.05, 4.69) is 5.48 Å². The molecule has 1 aliphatic rings. The number of carbonyl (C=O) groups is 2. The zero-order valence-corrected chi connectivity index (χ0v) is 22.6. The summed E-state index contributed by atoms with van der Waals surface area (Å²) in [4.78, 5) is 31.3. The van der Waals surface area contributed by atoms with Crippen molar-refractivity contribution in [3.8, 4) is 5.75 Å². The van der Waals surface area contributed by atoms with Crippen molar-refractivity contribution in [3.63, 3.8) is 0 Å². The van der Waals surface area contributed by atoms with Gasteiger partial charge in [-0.3, -0.25) is 9.59 Å². The maximum absolute atomic E-state index is 13.8. The summed E-state index contributed by atoms with van der Waals surface area (Å²) in [5.74, 6) is -0.468. The number of hydrogen-bond acceptors (Lipinski definition) is 7. The number of rotatable bonds is 9. The molecule has 0 bridgehead atoms. The number of benzene rings is 3. The smallest absolute Gasteiger partial charge is 0.268 e. The quantitative estimate of drug-likeness (QED) is 0.179. The first-order valence-electron chi connectivity index (χ1n) is 12.8. The lowest BCUT2D eigenvalue weighted by atomic mass is 10.1. The van der Waals surface area contributed by atoms with Gasteiger partial charge in [0.2, 0.25) is 5.78 Å². The average molecular weight is 561 g/mol. The third-order valence-corrected chi connectivity index (χ3v) is 8.23. The van der Waals surface area contributed by atoms with Gasteiger partial charge in [-0.05, 0) is 66.9 Å². The summed E-state index contributed by atoms with van der Waals surface area (Å²) < 4.78 is 39.3. The van der Waals surface area contributed by atoms with Gasteiger partial charge in [-0.2, -0.15) is 0 Å². The van der Waals surface area contributed by atoms with E-state index >= 15 is 0 Å². The topological polar surface area (TPSA) is 113 Å². The molecule has 2 heterocycles. The predicted molar refractivity (Wildman–Crippen MR) is 149 cm³/mol. The monoisotopic (exact) mass is 560 g/mol. The summed E-state index contributed by atoms with van der Waals surface area (Å²) in [5, 5.41) is 0.514. The molecule has 9 nitrogen and oxygen atoms in total. The Balaban J connectivity index is 1.50. The number of nitrogens with one attached hydrogen (secondary N) is 1.